The van der Waals surface area contributed by atoms with Crippen molar-refractivity contribution < 1.29 is 4.84 Å². The lowest BCUT2D eigenvalue weighted by atomic mass is 10.7. The summed E-state index contributed by atoms with van der Waals surface area (Å²) in [7, 11) is 1.54. The minimum Gasteiger partial charge on any atom is -0.278 e. The zero-order chi connectivity index (χ0) is 5.82. The van der Waals surface area contributed by atoms with E-state index in [1.165, 1.54) is 0 Å². The van der Waals surface area contributed by atoms with Gasteiger partial charge in [0.1, 0.15) is 5.82 Å². The van der Waals surface area contributed by atoms with Crippen LogP contribution in [-0.2, 0) is 4.84 Å². The number of hydrogen-bond donors (Lipinski definition) is 2. The average Bonchev–Trinajstić information content (AvgIpc) is 2.19. The minimum atomic E-state index is 0.757. The summed E-state index contributed by atoms with van der Waals surface area (Å²) in [5, 5.41) is 6.33. The van der Waals surface area contributed by atoms with E-state index in [0.717, 1.165) is 5.82 Å². The van der Waals surface area contributed by atoms with Crippen LogP contribution >= 0.6 is 0 Å². The van der Waals surface area contributed by atoms with E-state index in [0.29, 0.717) is 0 Å². The maximum Gasteiger partial charge on any atom is 0.145 e. The summed E-state index contributed by atoms with van der Waals surface area (Å²) in [6.07, 6.45) is 1.64. The molecule has 1 heterocycles. The predicted molar refractivity (Wildman–Crippen MR) is 29.2 cm³/mol. The Hall–Kier alpha value is -1.03. The first-order valence-electron chi connectivity index (χ1n) is 2.22. The maximum atomic E-state index is 4.56. The average molecular weight is 113 g/mol. The highest BCUT2D eigenvalue weighted by molar-refractivity contribution is 5.27. The van der Waals surface area contributed by atoms with Gasteiger partial charge in [0.2, 0.25) is 0 Å². The summed E-state index contributed by atoms with van der Waals surface area (Å²) in [6.45, 7) is 0. The fraction of sp³-hybridized carbons (Fsp3) is 0.250. The molecule has 44 valence electrons. The van der Waals surface area contributed by atoms with Crippen LogP contribution in [0.1, 0.15) is 0 Å². The van der Waals surface area contributed by atoms with Gasteiger partial charge in [0.25, 0.3) is 0 Å². The molecule has 4 nitrogen and oxygen atoms in total. The third-order valence-corrected chi connectivity index (χ3v) is 0.713. The highest BCUT2D eigenvalue weighted by Crippen LogP contribution is 1.95. The van der Waals surface area contributed by atoms with Gasteiger partial charge in [-0.2, -0.15) is 5.10 Å². The molecule has 1 rings (SSSR count). The molecule has 0 saturated carbocycles. The van der Waals surface area contributed by atoms with E-state index in [2.05, 4.69) is 20.5 Å². The number of nitrogens with one attached hydrogen (secondary N) is 2. The molecule has 1 aromatic rings. The molecule has 2 N–H and O–H groups in total. The molecular formula is C4H7N3O. The molecule has 0 atom stereocenters. The van der Waals surface area contributed by atoms with E-state index >= 15 is 0 Å². The third kappa shape index (κ3) is 0.974. The van der Waals surface area contributed by atoms with Gasteiger partial charge >= 0.3 is 0 Å². The van der Waals surface area contributed by atoms with Crippen LogP contribution in [0.3, 0.4) is 0 Å². The molecule has 0 aromatic carbocycles. The van der Waals surface area contributed by atoms with Crippen LogP contribution in [0.15, 0.2) is 12.3 Å². The number of rotatable bonds is 2. The standard InChI is InChI=1S/C4H7N3O/c1-8-7-4-2-3-5-6-4/h2-3H,1H3,(H2,5,6,7). The molecule has 0 unspecified atom stereocenters. The van der Waals surface area contributed by atoms with Crippen molar-refractivity contribution in [1.82, 2.24) is 10.2 Å². The summed E-state index contributed by atoms with van der Waals surface area (Å²) in [5.41, 5.74) is 2.57. The molecular weight excluding hydrogens is 106 g/mol. The molecule has 0 fully saturated rings. The minimum absolute atomic E-state index is 0.757. The fourth-order valence-corrected chi connectivity index (χ4v) is 0.423. The number of hydrogen-bond acceptors (Lipinski definition) is 3. The largest absolute Gasteiger partial charge is 0.278 e. The van der Waals surface area contributed by atoms with Crippen LogP contribution in [0.4, 0.5) is 5.82 Å². The monoisotopic (exact) mass is 113 g/mol. The number of nitrogens with zero attached hydrogens (tertiary/aromatic N) is 1. The number of anilines is 1. The van der Waals surface area contributed by atoms with E-state index in [1.807, 2.05) is 0 Å². The highest BCUT2D eigenvalue weighted by atomic mass is 16.6. The molecule has 0 bridgehead atoms. The first-order chi connectivity index (χ1) is 3.93. The van der Waals surface area contributed by atoms with Gasteiger partial charge in [-0.25, -0.2) is 5.48 Å². The van der Waals surface area contributed by atoms with Crippen molar-refractivity contribution in [3.8, 4) is 0 Å². The van der Waals surface area contributed by atoms with Gasteiger partial charge in [0, 0.05) is 6.07 Å². The third-order valence-electron chi connectivity index (χ3n) is 0.713. The highest BCUT2D eigenvalue weighted by Gasteiger charge is 1.84. The van der Waals surface area contributed by atoms with Crippen molar-refractivity contribution in [3.63, 3.8) is 0 Å². The lowest BCUT2D eigenvalue weighted by Gasteiger charge is -1.94. The topological polar surface area (TPSA) is 49.9 Å². The van der Waals surface area contributed by atoms with Gasteiger partial charge in [-0.15, -0.1) is 0 Å². The second-order valence-electron chi connectivity index (χ2n) is 1.28. The Balaban J connectivity index is 2.50. The lowest BCUT2D eigenvalue weighted by Crippen LogP contribution is -1.94. The summed E-state index contributed by atoms with van der Waals surface area (Å²) < 4.78 is 0. The van der Waals surface area contributed by atoms with E-state index < -0.39 is 0 Å². The Bertz CT molecular complexity index is 137. The van der Waals surface area contributed by atoms with Gasteiger partial charge in [0.05, 0.1) is 13.3 Å². The second-order valence-corrected chi connectivity index (χ2v) is 1.28. The van der Waals surface area contributed by atoms with Crippen LogP contribution in [0.25, 0.3) is 0 Å². The Morgan fingerprint density at radius 2 is 2.75 bits per heavy atom. The SMILES string of the molecule is CONc1ccn[nH]1. The van der Waals surface area contributed by atoms with Crippen LogP contribution in [-0.4, -0.2) is 17.3 Å². The first kappa shape index (κ1) is 5.11. The molecule has 0 aliphatic carbocycles. The van der Waals surface area contributed by atoms with Gasteiger partial charge in [0.15, 0.2) is 0 Å². The lowest BCUT2D eigenvalue weighted by molar-refractivity contribution is 0.269. The van der Waals surface area contributed by atoms with Crippen molar-refractivity contribution in [3.05, 3.63) is 12.3 Å². The fourth-order valence-electron chi connectivity index (χ4n) is 0.423. The zero-order valence-corrected chi connectivity index (χ0v) is 4.51. The Kier molecular flexibility index (Phi) is 1.48. The van der Waals surface area contributed by atoms with Crippen LogP contribution in [0.2, 0.25) is 0 Å². The molecule has 0 amide bonds. The van der Waals surface area contributed by atoms with Crippen molar-refractivity contribution >= 4 is 5.82 Å². The number of H-pyrrole nitrogens is 1. The molecule has 0 aliphatic rings. The van der Waals surface area contributed by atoms with Crippen LogP contribution in [0, 0.1) is 0 Å². The quantitative estimate of drug-likeness (QED) is 0.545. The first-order valence-corrected chi connectivity index (χ1v) is 2.22. The Labute approximate surface area is 46.8 Å². The van der Waals surface area contributed by atoms with Crippen molar-refractivity contribution in [2.24, 2.45) is 0 Å². The molecule has 4 heteroatoms. The van der Waals surface area contributed by atoms with Crippen LogP contribution < -0.4 is 5.48 Å². The summed E-state index contributed by atoms with van der Waals surface area (Å²) >= 11 is 0. The maximum absolute atomic E-state index is 4.56. The summed E-state index contributed by atoms with van der Waals surface area (Å²) in [4.78, 5) is 4.56. The zero-order valence-electron chi connectivity index (χ0n) is 4.51. The van der Waals surface area contributed by atoms with Gasteiger partial charge in [-0.05, 0) is 0 Å². The summed E-state index contributed by atoms with van der Waals surface area (Å²) in [5.74, 6) is 0.757. The van der Waals surface area contributed by atoms with E-state index in [-0.39, 0.29) is 0 Å². The van der Waals surface area contributed by atoms with Crippen LogP contribution in [0.5, 0.6) is 0 Å². The van der Waals surface area contributed by atoms with Gasteiger partial charge in [-0.1, -0.05) is 0 Å². The van der Waals surface area contributed by atoms with Crippen molar-refractivity contribution in [1.29, 1.82) is 0 Å². The Morgan fingerprint density at radius 3 is 3.25 bits per heavy atom. The summed E-state index contributed by atoms with van der Waals surface area (Å²) in [6, 6.07) is 1.77. The van der Waals surface area contributed by atoms with E-state index in [9.17, 15) is 0 Å². The second kappa shape index (κ2) is 2.32. The number of aromatic amines is 1. The molecule has 8 heavy (non-hydrogen) atoms. The van der Waals surface area contributed by atoms with Gasteiger partial charge in [-0.3, -0.25) is 9.94 Å². The molecule has 1 aromatic heterocycles. The van der Waals surface area contributed by atoms with Crippen molar-refractivity contribution in [2.45, 2.75) is 0 Å². The molecule has 0 spiro atoms. The normalized spacial score (nSPS) is 9.12. The van der Waals surface area contributed by atoms with E-state index in [4.69, 9.17) is 0 Å². The Morgan fingerprint density at radius 1 is 1.88 bits per heavy atom. The number of aromatic nitrogens is 2. The molecule has 0 radical (unpaired) electrons. The van der Waals surface area contributed by atoms with Gasteiger partial charge < -0.3 is 0 Å². The predicted octanol–water partition coefficient (Wildman–Crippen LogP) is 0.383. The smallest absolute Gasteiger partial charge is 0.145 e. The van der Waals surface area contributed by atoms with Crippen molar-refractivity contribution in [2.75, 3.05) is 12.6 Å². The molecule has 0 saturated heterocycles. The molecule has 0 aliphatic heterocycles. The van der Waals surface area contributed by atoms with E-state index in [1.54, 1.807) is 19.4 Å².